The maximum absolute atomic E-state index is 9.17. The van der Waals surface area contributed by atoms with Crippen molar-refractivity contribution in [2.24, 2.45) is 0 Å². The number of fused-ring (bicyclic) bond motifs is 1. The molecule has 31 heavy (non-hydrogen) atoms. The van der Waals surface area contributed by atoms with Gasteiger partial charge in [-0.05, 0) is 31.7 Å². The number of rotatable bonds is 8. The second-order valence-corrected chi connectivity index (χ2v) is 7.34. The number of hydrogen-bond donors (Lipinski definition) is 2. The number of aliphatic hydroxyl groups is 1. The van der Waals surface area contributed by atoms with E-state index in [-0.39, 0.29) is 42.4 Å². The van der Waals surface area contributed by atoms with E-state index in [0.29, 0.717) is 42.8 Å². The van der Waals surface area contributed by atoms with Gasteiger partial charge in [0.25, 0.3) is 0 Å². The van der Waals surface area contributed by atoms with E-state index in [0.717, 1.165) is 30.4 Å². The molecule has 0 spiro atoms. The number of imidazole rings is 1. The maximum Gasteiger partial charge on any atom is 0.301 e. The van der Waals surface area contributed by atoms with E-state index in [2.05, 4.69) is 15.3 Å². The van der Waals surface area contributed by atoms with Crippen molar-refractivity contribution in [3.63, 3.8) is 0 Å². The van der Waals surface area contributed by atoms with Gasteiger partial charge in [-0.25, -0.2) is 9.97 Å². The van der Waals surface area contributed by atoms with Crippen molar-refractivity contribution < 1.29 is 14.6 Å². The third kappa shape index (κ3) is 5.84. The van der Waals surface area contributed by atoms with Crippen LogP contribution in [-0.4, -0.2) is 73.9 Å². The average molecular weight is 432 g/mol. The maximum atomic E-state index is 9.17. The average Bonchev–Trinajstić information content (AvgIpc) is 3.18. The van der Waals surface area contributed by atoms with E-state index in [1.807, 2.05) is 47.9 Å². The molecule has 4 rings (SSSR count). The van der Waals surface area contributed by atoms with Crippen LogP contribution in [0, 0.1) is 0 Å². The van der Waals surface area contributed by atoms with E-state index in [1.165, 1.54) is 6.33 Å². The van der Waals surface area contributed by atoms with Crippen molar-refractivity contribution in [2.45, 2.75) is 39.0 Å². The van der Waals surface area contributed by atoms with Crippen molar-refractivity contribution in [3.8, 4) is 6.01 Å². The number of anilines is 1. The summed E-state index contributed by atoms with van der Waals surface area (Å²) in [5, 5.41) is 12.4. The quantitative estimate of drug-likeness (QED) is 0.417. The number of aromatic nitrogens is 4. The summed E-state index contributed by atoms with van der Waals surface area (Å²) in [6.07, 6.45) is 6.31. The summed E-state index contributed by atoms with van der Waals surface area (Å²) in [7, 11) is 0. The Balaban J connectivity index is 0.00000272. The second-order valence-electron chi connectivity index (χ2n) is 7.34. The molecule has 3 aromatic rings. The Bertz CT molecular complexity index is 1000. The van der Waals surface area contributed by atoms with Crippen LogP contribution in [0.25, 0.3) is 11.2 Å². The molecule has 3 heterocycles. The molecular weight excluding hydrogens is 405 g/mol. The summed E-state index contributed by atoms with van der Waals surface area (Å²) in [4.78, 5) is 13.6. The van der Waals surface area contributed by atoms with Gasteiger partial charge in [-0.15, -0.1) is 0 Å². The molecule has 1 saturated heterocycles. The number of aliphatic hydroxyl groups excluding tert-OH is 1. The minimum Gasteiger partial charge on any atom is -0.460 e. The molecule has 8 nitrogen and oxygen atoms in total. The summed E-state index contributed by atoms with van der Waals surface area (Å²) in [5.41, 5.74) is 3.28. The summed E-state index contributed by atoms with van der Waals surface area (Å²) in [6.45, 7) is 3.56. The molecule has 0 aliphatic carbocycles. The Morgan fingerprint density at radius 2 is 2.13 bits per heavy atom. The number of benzene rings is 1. The minimum atomic E-state index is -0.159. The molecule has 1 aliphatic heterocycles. The smallest absolute Gasteiger partial charge is 0.301 e. The van der Waals surface area contributed by atoms with Crippen LogP contribution >= 0.6 is 0 Å². The zero-order valence-electron chi connectivity index (χ0n) is 18.1. The first-order valence-corrected chi connectivity index (χ1v) is 10.3. The van der Waals surface area contributed by atoms with Crippen molar-refractivity contribution in [1.29, 1.82) is 0 Å². The first kappa shape index (κ1) is 23.7. The van der Waals surface area contributed by atoms with Crippen LogP contribution in [0.3, 0.4) is 0 Å². The Labute approximate surface area is 204 Å². The molecule has 0 saturated carbocycles. The van der Waals surface area contributed by atoms with E-state index in [4.69, 9.17) is 14.5 Å². The van der Waals surface area contributed by atoms with Gasteiger partial charge in [0.1, 0.15) is 19.2 Å². The molecule has 1 aromatic carbocycles. The molecule has 9 heteroatoms. The predicted molar refractivity (Wildman–Crippen MR) is 120 cm³/mol. The molecule has 1 atom stereocenters. The van der Waals surface area contributed by atoms with Gasteiger partial charge in [0.2, 0.25) is 0 Å². The fourth-order valence-electron chi connectivity index (χ4n) is 3.42. The van der Waals surface area contributed by atoms with Crippen LogP contribution in [0.2, 0.25) is 0 Å². The second kappa shape index (κ2) is 11.6. The monoisotopic (exact) mass is 432 g/mol. The fourth-order valence-corrected chi connectivity index (χ4v) is 3.42. The largest absolute Gasteiger partial charge is 0.460 e. The van der Waals surface area contributed by atoms with Crippen LogP contribution < -0.4 is 10.1 Å². The zero-order chi connectivity index (χ0) is 20.8. The molecule has 2 N–H and O–H groups in total. The fraction of sp³-hybridized carbons (Fsp3) is 0.409. The van der Waals surface area contributed by atoms with Gasteiger partial charge in [0, 0.05) is 42.7 Å². The van der Waals surface area contributed by atoms with Crippen LogP contribution in [0.1, 0.15) is 38.0 Å². The van der Waals surface area contributed by atoms with E-state index < -0.39 is 0 Å². The first-order chi connectivity index (χ1) is 14.8. The van der Waals surface area contributed by atoms with Crippen LogP contribution in [0.15, 0.2) is 48.3 Å². The molecule has 2 aromatic heterocycles. The molecule has 1 radical (unpaired) electrons. The third-order valence-corrected chi connectivity index (χ3v) is 5.07. The van der Waals surface area contributed by atoms with Gasteiger partial charge < -0.3 is 19.9 Å². The normalized spacial score (nSPS) is 16.7. The first-order valence-electron chi connectivity index (χ1n) is 10.3. The molecule has 1 fully saturated rings. The number of nitrogens with one attached hydrogen (secondary N) is 1. The summed E-state index contributed by atoms with van der Waals surface area (Å²) in [6, 6.07) is 10.5. The van der Waals surface area contributed by atoms with E-state index in [9.17, 15) is 5.11 Å². The van der Waals surface area contributed by atoms with Crippen molar-refractivity contribution in [3.05, 3.63) is 53.9 Å². The Morgan fingerprint density at radius 1 is 1.29 bits per heavy atom. The molecule has 0 amide bonds. The third-order valence-electron chi connectivity index (χ3n) is 5.07. The number of hydrogen-bond acceptors (Lipinski definition) is 7. The Kier molecular flexibility index (Phi) is 8.86. The van der Waals surface area contributed by atoms with Gasteiger partial charge in [-0.2, -0.15) is 4.98 Å². The standard InChI is InChI=1S/C22H27N5O3.Na/c1-16(13-28)10-11-23-20-19-21(25-15-24-20)27(18-9-5-6-12-29-18)22(26-19)30-14-17-7-3-2-4-8-17;/h2-4,7-8,10,15,18,28H,5-6,9,11-14H2,1H3,(H,23,24,25);/b16-10+;. The zero-order valence-corrected chi connectivity index (χ0v) is 20.1. The van der Waals surface area contributed by atoms with Crippen molar-refractivity contribution in [1.82, 2.24) is 19.5 Å². The molecule has 159 valence electrons. The number of nitrogens with zero attached hydrogens (tertiary/aromatic N) is 4. The minimum absolute atomic E-state index is 0. The van der Waals surface area contributed by atoms with Crippen LogP contribution in [0.4, 0.5) is 5.82 Å². The van der Waals surface area contributed by atoms with E-state index in [1.54, 1.807) is 0 Å². The van der Waals surface area contributed by atoms with Crippen LogP contribution in [0.5, 0.6) is 6.01 Å². The number of ether oxygens (including phenoxy) is 2. The van der Waals surface area contributed by atoms with Crippen LogP contribution in [-0.2, 0) is 11.3 Å². The molecule has 1 aliphatic rings. The Morgan fingerprint density at radius 3 is 2.87 bits per heavy atom. The van der Waals surface area contributed by atoms with Gasteiger partial charge in [0.15, 0.2) is 17.0 Å². The SMILES string of the molecule is C/C(=C\CNc1ncnc2c1nc(OCc1ccccc1)n2C1CCCCO1)CO.[Na]. The molecule has 1 unspecified atom stereocenters. The summed E-state index contributed by atoms with van der Waals surface area (Å²) >= 11 is 0. The van der Waals surface area contributed by atoms with Crippen molar-refractivity contribution in [2.75, 3.05) is 25.1 Å². The topological polar surface area (TPSA) is 94.3 Å². The summed E-state index contributed by atoms with van der Waals surface area (Å²) in [5.74, 6) is 0.626. The van der Waals surface area contributed by atoms with Gasteiger partial charge >= 0.3 is 6.01 Å². The Hall–Kier alpha value is -1.97. The molecular formula is C22H27N5NaO3. The summed E-state index contributed by atoms with van der Waals surface area (Å²) < 4.78 is 14.1. The van der Waals surface area contributed by atoms with Crippen molar-refractivity contribution >= 4 is 46.5 Å². The van der Waals surface area contributed by atoms with Gasteiger partial charge in [0.05, 0.1) is 6.61 Å². The van der Waals surface area contributed by atoms with E-state index >= 15 is 0 Å². The molecule has 0 bridgehead atoms. The van der Waals surface area contributed by atoms with Gasteiger partial charge in [-0.3, -0.25) is 4.57 Å². The predicted octanol–water partition coefficient (Wildman–Crippen LogP) is 3.07. The van der Waals surface area contributed by atoms with Gasteiger partial charge in [-0.1, -0.05) is 42.0 Å².